The predicted molar refractivity (Wildman–Crippen MR) is 135 cm³/mol. The van der Waals surface area contributed by atoms with Gasteiger partial charge in [0.1, 0.15) is 11.5 Å². The zero-order valence-electron chi connectivity index (χ0n) is 19.5. The van der Waals surface area contributed by atoms with Crippen molar-refractivity contribution in [3.05, 3.63) is 71.8 Å². The third kappa shape index (κ3) is 13.6. The molecular formula is C24H34O7S2. The second kappa shape index (κ2) is 16.2. The van der Waals surface area contributed by atoms with Crippen molar-refractivity contribution in [1.29, 1.82) is 0 Å². The van der Waals surface area contributed by atoms with Crippen molar-refractivity contribution in [1.82, 2.24) is 0 Å². The Labute approximate surface area is 204 Å². The standard InChI is InChI=1S/C20H24O7S.C4H8.H2S/c1-3-25-19(20(21)22)14-16-6-8-17(9-7-16)26-13-12-15-4-10-18(11-5-15)27-28(2,23)24;1-3-4-2;/h4-11,19H,3,12-14H2,1-2H3,(H,21,22);3-4H,1-2H3;1H2/b;4-3-;. The van der Waals surface area contributed by atoms with Gasteiger partial charge < -0.3 is 18.8 Å². The second-order valence-corrected chi connectivity index (χ2v) is 8.40. The zero-order chi connectivity index (χ0) is 24.0. The number of benzene rings is 2. The van der Waals surface area contributed by atoms with Gasteiger partial charge in [-0.05, 0) is 56.2 Å². The number of rotatable bonds is 11. The minimum Gasteiger partial charge on any atom is -0.493 e. The summed E-state index contributed by atoms with van der Waals surface area (Å²) >= 11 is 0. The van der Waals surface area contributed by atoms with Crippen molar-refractivity contribution in [3.8, 4) is 11.5 Å². The third-order valence-corrected chi connectivity index (χ3v) is 4.65. The number of carboxylic acids is 1. The molecule has 0 aliphatic heterocycles. The van der Waals surface area contributed by atoms with Crippen molar-refractivity contribution in [3.63, 3.8) is 0 Å². The highest BCUT2D eigenvalue weighted by atomic mass is 32.2. The van der Waals surface area contributed by atoms with Gasteiger partial charge in [-0.25, -0.2) is 4.79 Å². The SMILES string of the molecule is C/C=C\C.CCOC(Cc1ccc(OCCc2ccc(OS(C)(=O)=O)cc2)cc1)C(=O)O.S. The van der Waals surface area contributed by atoms with Crippen molar-refractivity contribution in [2.24, 2.45) is 0 Å². The quantitative estimate of drug-likeness (QED) is 0.363. The van der Waals surface area contributed by atoms with E-state index in [9.17, 15) is 13.2 Å². The molecule has 7 nitrogen and oxygen atoms in total. The summed E-state index contributed by atoms with van der Waals surface area (Å²) in [5.74, 6) is -0.0197. The molecule has 0 amide bonds. The first-order valence-corrected chi connectivity index (χ1v) is 12.1. The van der Waals surface area contributed by atoms with Crippen LogP contribution in [0.15, 0.2) is 60.7 Å². The summed E-state index contributed by atoms with van der Waals surface area (Å²) in [5.41, 5.74) is 1.84. The second-order valence-electron chi connectivity index (χ2n) is 6.83. The highest BCUT2D eigenvalue weighted by Gasteiger charge is 2.17. The summed E-state index contributed by atoms with van der Waals surface area (Å²) in [6, 6.07) is 14.0. The highest BCUT2D eigenvalue weighted by molar-refractivity contribution is 7.86. The summed E-state index contributed by atoms with van der Waals surface area (Å²) in [6.45, 7) is 6.56. The van der Waals surface area contributed by atoms with Crippen molar-refractivity contribution < 1.29 is 32.0 Å². The number of ether oxygens (including phenoxy) is 2. The van der Waals surface area contributed by atoms with Gasteiger partial charge in [-0.2, -0.15) is 21.9 Å². The molecule has 0 aliphatic carbocycles. The summed E-state index contributed by atoms with van der Waals surface area (Å²) < 4.78 is 37.9. The van der Waals surface area contributed by atoms with E-state index in [-0.39, 0.29) is 19.2 Å². The fourth-order valence-corrected chi connectivity index (χ4v) is 2.99. The largest absolute Gasteiger partial charge is 0.493 e. The van der Waals surface area contributed by atoms with E-state index >= 15 is 0 Å². The molecular weight excluding hydrogens is 464 g/mol. The maximum absolute atomic E-state index is 11.1. The van der Waals surface area contributed by atoms with Crippen LogP contribution in [0.25, 0.3) is 0 Å². The Morgan fingerprint density at radius 3 is 1.94 bits per heavy atom. The van der Waals surface area contributed by atoms with Gasteiger partial charge >= 0.3 is 16.1 Å². The van der Waals surface area contributed by atoms with E-state index in [2.05, 4.69) is 0 Å². The fraction of sp³-hybridized carbons (Fsp3) is 0.375. The molecule has 0 heterocycles. The van der Waals surface area contributed by atoms with Gasteiger partial charge in [0.15, 0.2) is 6.10 Å². The van der Waals surface area contributed by atoms with Crippen LogP contribution in [0, 0.1) is 0 Å². The smallest absolute Gasteiger partial charge is 0.333 e. The van der Waals surface area contributed by atoms with Crippen molar-refractivity contribution in [2.75, 3.05) is 19.5 Å². The Morgan fingerprint density at radius 2 is 1.48 bits per heavy atom. The number of aliphatic carboxylic acids is 1. The molecule has 0 spiro atoms. The van der Waals surface area contributed by atoms with E-state index in [1.165, 1.54) is 0 Å². The summed E-state index contributed by atoms with van der Waals surface area (Å²) in [6.07, 6.45) is 5.09. The van der Waals surface area contributed by atoms with Gasteiger partial charge in [0.2, 0.25) is 0 Å². The average molecular weight is 499 g/mol. The molecule has 2 rings (SSSR count). The molecule has 0 radical (unpaired) electrons. The Bertz CT molecular complexity index is 934. The maximum atomic E-state index is 11.1. The first-order valence-electron chi connectivity index (χ1n) is 10.3. The lowest BCUT2D eigenvalue weighted by Gasteiger charge is -2.13. The Morgan fingerprint density at radius 1 is 0.970 bits per heavy atom. The molecule has 184 valence electrons. The number of carboxylic acid groups (broad SMARTS) is 1. The molecule has 1 atom stereocenters. The van der Waals surface area contributed by atoms with Crippen LogP contribution >= 0.6 is 13.5 Å². The van der Waals surface area contributed by atoms with Crippen LogP contribution in [-0.4, -0.2) is 45.1 Å². The van der Waals surface area contributed by atoms with Gasteiger partial charge in [-0.3, -0.25) is 0 Å². The van der Waals surface area contributed by atoms with Crippen LogP contribution < -0.4 is 8.92 Å². The molecule has 0 fully saturated rings. The van der Waals surface area contributed by atoms with E-state index in [1.54, 1.807) is 43.3 Å². The Balaban J connectivity index is 0.00000189. The number of hydrogen-bond acceptors (Lipinski definition) is 6. The summed E-state index contributed by atoms with van der Waals surface area (Å²) in [5, 5.41) is 9.13. The van der Waals surface area contributed by atoms with Gasteiger partial charge in [0.25, 0.3) is 0 Å². The average Bonchev–Trinajstić information content (AvgIpc) is 2.75. The molecule has 2 aromatic rings. The normalized spacial score (nSPS) is 11.6. The van der Waals surface area contributed by atoms with E-state index in [0.29, 0.717) is 31.8 Å². The van der Waals surface area contributed by atoms with Crippen molar-refractivity contribution in [2.45, 2.75) is 39.7 Å². The topological polar surface area (TPSA) is 99.1 Å². The van der Waals surface area contributed by atoms with Crippen LogP contribution in [0.3, 0.4) is 0 Å². The number of carbonyl (C=O) groups is 1. The van der Waals surface area contributed by atoms with E-state index in [0.717, 1.165) is 17.4 Å². The molecule has 0 saturated heterocycles. The molecule has 0 aliphatic rings. The Hall–Kier alpha value is -2.49. The lowest BCUT2D eigenvalue weighted by Crippen LogP contribution is -2.26. The lowest BCUT2D eigenvalue weighted by molar-refractivity contribution is -0.149. The van der Waals surface area contributed by atoms with Gasteiger partial charge in [0.05, 0.1) is 12.9 Å². The molecule has 1 unspecified atom stereocenters. The molecule has 9 heteroatoms. The van der Waals surface area contributed by atoms with Crippen LogP contribution in [0.4, 0.5) is 0 Å². The van der Waals surface area contributed by atoms with Crippen molar-refractivity contribution >= 4 is 29.6 Å². The van der Waals surface area contributed by atoms with Crippen LogP contribution in [0.2, 0.25) is 0 Å². The fourth-order valence-electron chi connectivity index (χ4n) is 2.53. The minimum absolute atomic E-state index is 0. The summed E-state index contributed by atoms with van der Waals surface area (Å²) in [4.78, 5) is 11.1. The van der Waals surface area contributed by atoms with Gasteiger partial charge in [-0.1, -0.05) is 36.4 Å². The van der Waals surface area contributed by atoms with Crippen LogP contribution in [-0.2, 0) is 32.5 Å². The van der Waals surface area contributed by atoms with Gasteiger partial charge in [0, 0.05) is 19.4 Å². The molecule has 33 heavy (non-hydrogen) atoms. The Kier molecular flexibility index (Phi) is 15.0. The van der Waals surface area contributed by atoms with E-state index in [4.69, 9.17) is 18.8 Å². The molecule has 0 bridgehead atoms. The molecule has 0 saturated carbocycles. The maximum Gasteiger partial charge on any atom is 0.333 e. The first kappa shape index (κ1) is 30.5. The van der Waals surface area contributed by atoms with E-state index < -0.39 is 22.2 Å². The van der Waals surface area contributed by atoms with Crippen LogP contribution in [0.5, 0.6) is 11.5 Å². The minimum atomic E-state index is -3.53. The zero-order valence-corrected chi connectivity index (χ0v) is 21.3. The lowest BCUT2D eigenvalue weighted by atomic mass is 10.1. The number of allylic oxidation sites excluding steroid dienone is 2. The van der Waals surface area contributed by atoms with Gasteiger partial charge in [-0.15, -0.1) is 0 Å². The first-order chi connectivity index (χ1) is 15.2. The predicted octanol–water partition coefficient (Wildman–Crippen LogP) is 4.37. The van der Waals surface area contributed by atoms with E-state index in [1.807, 2.05) is 38.1 Å². The van der Waals surface area contributed by atoms with Crippen LogP contribution in [0.1, 0.15) is 31.9 Å². The highest BCUT2D eigenvalue weighted by Crippen LogP contribution is 2.17. The monoisotopic (exact) mass is 498 g/mol. The number of hydrogen-bond donors (Lipinski definition) is 1. The molecule has 1 N–H and O–H groups in total. The molecule has 2 aromatic carbocycles. The summed E-state index contributed by atoms with van der Waals surface area (Å²) in [7, 11) is -3.53. The molecule has 0 aromatic heterocycles. The third-order valence-electron chi connectivity index (χ3n) is 4.15.